The second-order valence-corrected chi connectivity index (χ2v) is 4.63. The quantitative estimate of drug-likeness (QED) is 0.867. The average molecular weight is 234 g/mol. The number of rotatable bonds is 4. The van der Waals surface area contributed by atoms with E-state index in [9.17, 15) is 4.79 Å². The molecule has 3 nitrogen and oxygen atoms in total. The van der Waals surface area contributed by atoms with Gasteiger partial charge in [-0.2, -0.15) is 0 Å². The molecule has 1 amide bonds. The number of carbonyl (C=O) groups excluding carboxylic acids is 1. The van der Waals surface area contributed by atoms with Crippen molar-refractivity contribution in [3.05, 3.63) is 34.9 Å². The van der Waals surface area contributed by atoms with E-state index in [1.807, 2.05) is 50.8 Å². The predicted molar refractivity (Wildman–Crippen MR) is 71.1 cm³/mol. The van der Waals surface area contributed by atoms with Crippen LogP contribution in [0.5, 0.6) is 0 Å². The van der Waals surface area contributed by atoms with Crippen LogP contribution in [0.4, 0.5) is 0 Å². The summed E-state index contributed by atoms with van der Waals surface area (Å²) in [6.45, 7) is 9.13. The van der Waals surface area contributed by atoms with Gasteiger partial charge in [-0.1, -0.05) is 12.1 Å². The van der Waals surface area contributed by atoms with Gasteiger partial charge in [0.05, 0.1) is 0 Å². The molecule has 0 aliphatic rings. The maximum Gasteiger partial charge on any atom is 0.254 e. The van der Waals surface area contributed by atoms with Gasteiger partial charge in [-0.15, -0.1) is 0 Å². The highest BCUT2D eigenvalue weighted by molar-refractivity contribution is 5.96. The van der Waals surface area contributed by atoms with Gasteiger partial charge in [0.2, 0.25) is 0 Å². The summed E-state index contributed by atoms with van der Waals surface area (Å²) in [5, 5.41) is 0. The molecule has 0 unspecified atom stereocenters. The molecule has 0 fully saturated rings. The summed E-state index contributed by atoms with van der Waals surface area (Å²) >= 11 is 0. The van der Waals surface area contributed by atoms with Gasteiger partial charge in [0.25, 0.3) is 5.91 Å². The molecule has 2 N–H and O–H groups in total. The standard InChI is InChI=1S/C14H22N2O/c1-10(2)16(9-8-15)14(17)13-7-5-6-11(3)12(13)4/h5-7,10H,8-9,15H2,1-4H3. The SMILES string of the molecule is Cc1cccc(C(=O)N(CCN)C(C)C)c1C. The van der Waals surface area contributed by atoms with E-state index in [-0.39, 0.29) is 11.9 Å². The molecule has 1 aromatic carbocycles. The van der Waals surface area contributed by atoms with E-state index in [0.29, 0.717) is 13.1 Å². The molecule has 0 bridgehead atoms. The molecule has 0 saturated heterocycles. The molecule has 0 radical (unpaired) electrons. The lowest BCUT2D eigenvalue weighted by atomic mass is 10.0. The van der Waals surface area contributed by atoms with Crippen molar-refractivity contribution in [1.82, 2.24) is 4.90 Å². The molecule has 94 valence electrons. The van der Waals surface area contributed by atoms with Crippen molar-refractivity contribution >= 4 is 5.91 Å². The first kappa shape index (κ1) is 13.7. The molecule has 0 heterocycles. The zero-order valence-corrected chi connectivity index (χ0v) is 11.2. The number of aryl methyl sites for hydroxylation is 1. The topological polar surface area (TPSA) is 46.3 Å². The van der Waals surface area contributed by atoms with E-state index in [4.69, 9.17) is 5.73 Å². The first-order valence-corrected chi connectivity index (χ1v) is 6.06. The molecule has 0 spiro atoms. The average Bonchev–Trinajstić information content (AvgIpc) is 2.28. The van der Waals surface area contributed by atoms with Gasteiger partial charge >= 0.3 is 0 Å². The van der Waals surface area contributed by atoms with Crippen LogP contribution in [0.15, 0.2) is 18.2 Å². The molecule has 0 aliphatic heterocycles. The molecule has 1 rings (SSSR count). The van der Waals surface area contributed by atoms with E-state index >= 15 is 0 Å². The van der Waals surface area contributed by atoms with E-state index in [1.165, 1.54) is 0 Å². The Hall–Kier alpha value is -1.35. The number of carbonyl (C=O) groups is 1. The lowest BCUT2D eigenvalue weighted by Crippen LogP contribution is -2.40. The third kappa shape index (κ3) is 3.07. The molecule has 0 aliphatic carbocycles. The Labute approximate surface area is 104 Å². The van der Waals surface area contributed by atoms with Crippen LogP contribution in [0.25, 0.3) is 0 Å². The first-order valence-electron chi connectivity index (χ1n) is 6.06. The first-order chi connectivity index (χ1) is 7.99. The van der Waals surface area contributed by atoms with Gasteiger partial charge in [-0.05, 0) is 44.9 Å². The minimum absolute atomic E-state index is 0.0756. The van der Waals surface area contributed by atoms with Crippen LogP contribution < -0.4 is 5.73 Å². The van der Waals surface area contributed by atoms with Gasteiger partial charge < -0.3 is 10.6 Å². The summed E-state index contributed by atoms with van der Waals surface area (Å²) in [4.78, 5) is 14.2. The summed E-state index contributed by atoms with van der Waals surface area (Å²) in [7, 11) is 0. The Morgan fingerprint density at radius 1 is 1.35 bits per heavy atom. The number of hydrogen-bond donors (Lipinski definition) is 1. The molecular formula is C14H22N2O. The van der Waals surface area contributed by atoms with Crippen molar-refractivity contribution < 1.29 is 4.79 Å². The molecule has 17 heavy (non-hydrogen) atoms. The highest BCUT2D eigenvalue weighted by atomic mass is 16.2. The smallest absolute Gasteiger partial charge is 0.254 e. The van der Waals surface area contributed by atoms with Gasteiger partial charge in [-0.3, -0.25) is 4.79 Å². The molecule has 0 atom stereocenters. The fraction of sp³-hybridized carbons (Fsp3) is 0.500. The molecule has 0 saturated carbocycles. The summed E-state index contributed by atoms with van der Waals surface area (Å²) in [6.07, 6.45) is 0. The second-order valence-electron chi connectivity index (χ2n) is 4.63. The van der Waals surface area contributed by atoms with Gasteiger partial charge in [0.15, 0.2) is 0 Å². The Morgan fingerprint density at radius 2 is 2.00 bits per heavy atom. The van der Waals surface area contributed by atoms with Crippen LogP contribution in [0.1, 0.15) is 35.3 Å². The number of amides is 1. The Bertz CT molecular complexity index is 399. The van der Waals surface area contributed by atoms with Crippen molar-refractivity contribution in [1.29, 1.82) is 0 Å². The Kier molecular flexibility index (Phi) is 4.70. The Balaban J connectivity index is 3.05. The summed E-state index contributed by atoms with van der Waals surface area (Å²) in [6, 6.07) is 6.01. The van der Waals surface area contributed by atoms with Crippen LogP contribution in [0.3, 0.4) is 0 Å². The normalized spacial score (nSPS) is 10.7. The minimum atomic E-state index is 0.0756. The molecule has 1 aromatic rings. The van der Waals surface area contributed by atoms with Crippen LogP contribution in [-0.4, -0.2) is 29.9 Å². The highest BCUT2D eigenvalue weighted by Crippen LogP contribution is 2.16. The van der Waals surface area contributed by atoms with Crippen molar-refractivity contribution in [2.24, 2.45) is 5.73 Å². The van der Waals surface area contributed by atoms with E-state index < -0.39 is 0 Å². The fourth-order valence-corrected chi connectivity index (χ4v) is 1.87. The number of hydrogen-bond acceptors (Lipinski definition) is 2. The number of benzene rings is 1. The van der Waals surface area contributed by atoms with Gasteiger partial charge in [0.1, 0.15) is 0 Å². The third-order valence-electron chi connectivity index (χ3n) is 3.09. The van der Waals surface area contributed by atoms with E-state index in [0.717, 1.165) is 16.7 Å². The molecular weight excluding hydrogens is 212 g/mol. The summed E-state index contributed by atoms with van der Waals surface area (Å²) < 4.78 is 0. The lowest BCUT2D eigenvalue weighted by molar-refractivity contribution is 0.0711. The van der Waals surface area contributed by atoms with Crippen LogP contribution in [0, 0.1) is 13.8 Å². The lowest BCUT2D eigenvalue weighted by Gasteiger charge is -2.27. The van der Waals surface area contributed by atoms with Crippen molar-refractivity contribution in [3.63, 3.8) is 0 Å². The number of nitrogens with zero attached hydrogens (tertiary/aromatic N) is 1. The van der Waals surface area contributed by atoms with Crippen LogP contribution in [-0.2, 0) is 0 Å². The largest absolute Gasteiger partial charge is 0.335 e. The summed E-state index contributed by atoms with van der Waals surface area (Å²) in [5.41, 5.74) is 8.54. The van der Waals surface area contributed by atoms with Gasteiger partial charge in [0, 0.05) is 24.7 Å². The van der Waals surface area contributed by atoms with Crippen molar-refractivity contribution in [2.75, 3.05) is 13.1 Å². The zero-order valence-electron chi connectivity index (χ0n) is 11.2. The van der Waals surface area contributed by atoms with Crippen molar-refractivity contribution in [2.45, 2.75) is 33.7 Å². The predicted octanol–water partition coefficient (Wildman–Crippen LogP) is 2.11. The van der Waals surface area contributed by atoms with Crippen LogP contribution in [0.2, 0.25) is 0 Å². The molecule has 3 heteroatoms. The van der Waals surface area contributed by atoms with E-state index in [2.05, 4.69) is 0 Å². The van der Waals surface area contributed by atoms with E-state index in [1.54, 1.807) is 0 Å². The number of nitrogens with two attached hydrogens (primary N) is 1. The fourth-order valence-electron chi connectivity index (χ4n) is 1.87. The second kappa shape index (κ2) is 5.82. The minimum Gasteiger partial charge on any atom is -0.335 e. The maximum atomic E-state index is 12.4. The van der Waals surface area contributed by atoms with Crippen LogP contribution >= 0.6 is 0 Å². The monoisotopic (exact) mass is 234 g/mol. The maximum absolute atomic E-state index is 12.4. The van der Waals surface area contributed by atoms with Gasteiger partial charge in [-0.25, -0.2) is 0 Å². The third-order valence-corrected chi connectivity index (χ3v) is 3.09. The zero-order chi connectivity index (χ0) is 13.0. The van der Waals surface area contributed by atoms with Crippen molar-refractivity contribution in [3.8, 4) is 0 Å². The Morgan fingerprint density at radius 3 is 2.53 bits per heavy atom. The highest BCUT2D eigenvalue weighted by Gasteiger charge is 2.19. The summed E-state index contributed by atoms with van der Waals surface area (Å²) in [5.74, 6) is 0.0756. The molecule has 0 aromatic heterocycles.